The number of benzene rings is 1. The lowest BCUT2D eigenvalue weighted by molar-refractivity contribution is -0.130. The van der Waals surface area contributed by atoms with Crippen LogP contribution in [0.4, 0.5) is 0 Å². The molecular formula is C16H22N2O3. The first-order valence-corrected chi connectivity index (χ1v) is 7.64. The molecule has 1 fully saturated rings. The van der Waals surface area contributed by atoms with Crippen molar-refractivity contribution in [3.8, 4) is 11.5 Å². The summed E-state index contributed by atoms with van der Waals surface area (Å²) in [7, 11) is 0. The smallest absolute Gasteiger partial charge is 0.264 e. The van der Waals surface area contributed by atoms with E-state index in [9.17, 15) is 4.79 Å². The van der Waals surface area contributed by atoms with Crippen LogP contribution in [-0.2, 0) is 4.79 Å². The van der Waals surface area contributed by atoms with Crippen LogP contribution in [0.25, 0.3) is 0 Å². The van der Waals surface area contributed by atoms with Crippen molar-refractivity contribution in [1.29, 1.82) is 0 Å². The third-order valence-corrected chi connectivity index (χ3v) is 4.26. The highest BCUT2D eigenvalue weighted by atomic mass is 16.6. The molecule has 0 aromatic heterocycles. The topological polar surface area (TPSA) is 73.6 Å². The second-order valence-electron chi connectivity index (χ2n) is 5.89. The number of nitrogens with one attached hydrogen (secondary N) is 1. The van der Waals surface area contributed by atoms with E-state index in [2.05, 4.69) is 5.32 Å². The molecule has 1 atom stereocenters. The quantitative estimate of drug-likeness (QED) is 0.884. The first kappa shape index (κ1) is 14.2. The predicted molar refractivity (Wildman–Crippen MR) is 79.3 cm³/mol. The number of amides is 1. The van der Waals surface area contributed by atoms with Gasteiger partial charge in [0.25, 0.3) is 5.91 Å². The molecule has 3 N–H and O–H groups in total. The molecule has 21 heavy (non-hydrogen) atoms. The Morgan fingerprint density at radius 1 is 1.19 bits per heavy atom. The number of carbonyl (C=O) groups excluding carboxylic acids is 1. The molecule has 5 nitrogen and oxygen atoms in total. The van der Waals surface area contributed by atoms with Crippen LogP contribution in [0, 0.1) is 5.92 Å². The second kappa shape index (κ2) is 6.35. The maximum atomic E-state index is 12.2. The van der Waals surface area contributed by atoms with Crippen LogP contribution in [0.3, 0.4) is 0 Å². The van der Waals surface area contributed by atoms with Gasteiger partial charge in [0.05, 0.1) is 0 Å². The molecule has 1 aromatic rings. The van der Waals surface area contributed by atoms with Gasteiger partial charge in [-0.1, -0.05) is 12.1 Å². The van der Waals surface area contributed by atoms with Crippen LogP contribution in [0.1, 0.15) is 25.7 Å². The second-order valence-corrected chi connectivity index (χ2v) is 5.89. The molecule has 1 heterocycles. The van der Waals surface area contributed by atoms with E-state index >= 15 is 0 Å². The van der Waals surface area contributed by atoms with Crippen molar-refractivity contribution >= 4 is 5.91 Å². The highest BCUT2D eigenvalue weighted by Crippen LogP contribution is 2.31. The lowest BCUT2D eigenvalue weighted by Gasteiger charge is -2.28. The maximum absolute atomic E-state index is 12.2. The predicted octanol–water partition coefficient (Wildman–Crippen LogP) is 1.46. The van der Waals surface area contributed by atoms with Gasteiger partial charge in [0.1, 0.15) is 6.61 Å². The Labute approximate surface area is 124 Å². The molecule has 3 rings (SSSR count). The maximum Gasteiger partial charge on any atom is 0.264 e. The molecule has 5 heteroatoms. The number of nitrogens with two attached hydrogens (primary N) is 1. The molecule has 114 valence electrons. The van der Waals surface area contributed by atoms with Gasteiger partial charge in [0.15, 0.2) is 11.5 Å². The number of carbonyl (C=O) groups is 1. The van der Waals surface area contributed by atoms with Gasteiger partial charge in [0.2, 0.25) is 6.10 Å². The van der Waals surface area contributed by atoms with Crippen molar-refractivity contribution in [2.45, 2.75) is 37.8 Å². The van der Waals surface area contributed by atoms with Crippen molar-refractivity contribution in [3.63, 3.8) is 0 Å². The average molecular weight is 290 g/mol. The fourth-order valence-electron chi connectivity index (χ4n) is 2.90. The molecule has 1 aliphatic heterocycles. The van der Waals surface area contributed by atoms with Crippen LogP contribution in [0.5, 0.6) is 11.5 Å². The summed E-state index contributed by atoms with van der Waals surface area (Å²) in [6, 6.07) is 7.75. The highest BCUT2D eigenvalue weighted by molar-refractivity contribution is 5.81. The Morgan fingerprint density at radius 3 is 2.67 bits per heavy atom. The van der Waals surface area contributed by atoms with E-state index in [4.69, 9.17) is 15.2 Å². The Balaban J connectivity index is 1.48. The van der Waals surface area contributed by atoms with E-state index in [0.29, 0.717) is 30.0 Å². The van der Waals surface area contributed by atoms with Crippen LogP contribution in [0.15, 0.2) is 24.3 Å². The third-order valence-electron chi connectivity index (χ3n) is 4.26. The van der Waals surface area contributed by atoms with Crippen LogP contribution < -0.4 is 20.5 Å². The largest absolute Gasteiger partial charge is 0.485 e. The summed E-state index contributed by atoms with van der Waals surface area (Å²) in [5, 5.41) is 2.98. The van der Waals surface area contributed by atoms with Gasteiger partial charge in [0, 0.05) is 12.6 Å². The fourth-order valence-corrected chi connectivity index (χ4v) is 2.90. The summed E-state index contributed by atoms with van der Waals surface area (Å²) < 4.78 is 11.3. The van der Waals surface area contributed by atoms with E-state index in [-0.39, 0.29) is 12.5 Å². The standard InChI is InChI=1S/C16H22N2O3/c17-12-7-5-11(6-8-12)9-18-16(19)15-10-20-13-3-1-2-4-14(13)21-15/h1-4,11-12,15H,5-10,17H2,(H,18,19). The van der Waals surface area contributed by atoms with Crippen molar-refractivity contribution in [2.75, 3.05) is 13.2 Å². The van der Waals surface area contributed by atoms with Crippen molar-refractivity contribution in [2.24, 2.45) is 11.7 Å². The molecular weight excluding hydrogens is 268 g/mol. The molecule has 1 aromatic carbocycles. The molecule has 0 bridgehead atoms. The number of hydrogen-bond donors (Lipinski definition) is 2. The summed E-state index contributed by atoms with van der Waals surface area (Å²) in [5.41, 5.74) is 5.89. The lowest BCUT2D eigenvalue weighted by Crippen LogP contribution is -2.45. The number of para-hydroxylation sites is 2. The number of ether oxygens (including phenoxy) is 2. The van der Waals surface area contributed by atoms with Gasteiger partial charge in [-0.3, -0.25) is 4.79 Å². The first-order valence-electron chi connectivity index (χ1n) is 7.64. The minimum atomic E-state index is -0.564. The highest BCUT2D eigenvalue weighted by Gasteiger charge is 2.28. The number of fused-ring (bicyclic) bond motifs is 1. The van der Waals surface area contributed by atoms with Gasteiger partial charge < -0.3 is 20.5 Å². The monoisotopic (exact) mass is 290 g/mol. The number of hydrogen-bond acceptors (Lipinski definition) is 4. The zero-order chi connectivity index (χ0) is 14.7. The molecule has 0 saturated heterocycles. The van der Waals surface area contributed by atoms with Crippen LogP contribution in [-0.4, -0.2) is 31.2 Å². The van der Waals surface area contributed by atoms with Gasteiger partial charge in [-0.25, -0.2) is 0 Å². The SMILES string of the molecule is NC1CCC(CNC(=O)C2COc3ccccc3O2)CC1. The van der Waals surface area contributed by atoms with Crippen LogP contribution in [0.2, 0.25) is 0 Å². The van der Waals surface area contributed by atoms with Crippen LogP contribution >= 0.6 is 0 Å². The Bertz CT molecular complexity index is 498. The third kappa shape index (κ3) is 3.47. The summed E-state index contributed by atoms with van der Waals surface area (Å²) in [6.07, 6.45) is 3.72. The molecule has 2 aliphatic rings. The molecule has 0 radical (unpaired) electrons. The Morgan fingerprint density at radius 2 is 1.90 bits per heavy atom. The summed E-state index contributed by atoms with van der Waals surface area (Å²) in [6.45, 7) is 0.964. The van der Waals surface area contributed by atoms with Gasteiger partial charge in [-0.2, -0.15) is 0 Å². The zero-order valence-electron chi connectivity index (χ0n) is 12.1. The van der Waals surface area contributed by atoms with Gasteiger partial charge in [-0.05, 0) is 43.7 Å². The number of rotatable bonds is 3. The van der Waals surface area contributed by atoms with Gasteiger partial charge in [-0.15, -0.1) is 0 Å². The normalized spacial score (nSPS) is 28.0. The first-order chi connectivity index (χ1) is 10.2. The van der Waals surface area contributed by atoms with Gasteiger partial charge >= 0.3 is 0 Å². The summed E-state index contributed by atoms with van der Waals surface area (Å²) in [4.78, 5) is 12.2. The van der Waals surface area contributed by atoms with E-state index in [1.54, 1.807) is 0 Å². The van der Waals surface area contributed by atoms with Crippen molar-refractivity contribution in [3.05, 3.63) is 24.3 Å². The molecule has 0 spiro atoms. The van der Waals surface area contributed by atoms with Crippen molar-refractivity contribution in [1.82, 2.24) is 5.32 Å². The Kier molecular flexibility index (Phi) is 4.29. The Hall–Kier alpha value is -1.75. The zero-order valence-corrected chi connectivity index (χ0v) is 12.1. The summed E-state index contributed by atoms with van der Waals surface area (Å²) >= 11 is 0. The molecule has 1 unspecified atom stereocenters. The fraction of sp³-hybridized carbons (Fsp3) is 0.562. The minimum Gasteiger partial charge on any atom is -0.485 e. The average Bonchev–Trinajstić information content (AvgIpc) is 2.53. The minimum absolute atomic E-state index is 0.0978. The molecule has 1 saturated carbocycles. The van der Waals surface area contributed by atoms with E-state index < -0.39 is 6.10 Å². The molecule has 1 amide bonds. The van der Waals surface area contributed by atoms with E-state index in [1.807, 2.05) is 24.3 Å². The molecule has 1 aliphatic carbocycles. The lowest BCUT2D eigenvalue weighted by atomic mass is 9.86. The van der Waals surface area contributed by atoms with Crippen molar-refractivity contribution < 1.29 is 14.3 Å². The van der Waals surface area contributed by atoms with E-state index in [0.717, 1.165) is 25.7 Å². The van der Waals surface area contributed by atoms with E-state index in [1.165, 1.54) is 0 Å². The summed E-state index contributed by atoms with van der Waals surface area (Å²) in [5.74, 6) is 1.76.